The van der Waals surface area contributed by atoms with Crippen LogP contribution in [0.4, 0.5) is 10.1 Å². The van der Waals surface area contributed by atoms with Crippen LogP contribution in [-0.2, 0) is 6.42 Å². The van der Waals surface area contributed by atoms with Crippen molar-refractivity contribution in [3.8, 4) is 23.0 Å². The average Bonchev–Trinajstić information content (AvgIpc) is 2.95. The SMILES string of the molecule is COc1cccc(C2CC(CO)CC[N+]2(CCc2ccc(F)cc2)c2cccc(OC)c2OC)c1OC. The Morgan fingerprint density at radius 1 is 0.838 bits per heavy atom. The van der Waals surface area contributed by atoms with Crippen LogP contribution in [0, 0.1) is 11.7 Å². The first-order valence-electron chi connectivity index (χ1n) is 12.7. The first-order chi connectivity index (χ1) is 18.0. The standard InChI is InChI=1S/C30H37FNO5/c1-34-27-9-5-7-24(29(27)36-3)26-19-22(20-33)16-18-32(26,17-15-21-11-13-23(31)14-12-21)25-8-6-10-28(35-2)30(25)37-4/h5-14,22,26,33H,15-20H2,1-4H3/q+1. The van der Waals surface area contributed by atoms with Crippen LogP contribution < -0.4 is 23.4 Å². The number of methoxy groups -OCH3 is 4. The van der Waals surface area contributed by atoms with Crippen molar-refractivity contribution in [1.82, 2.24) is 4.48 Å². The van der Waals surface area contributed by atoms with Crippen molar-refractivity contribution in [3.05, 3.63) is 77.6 Å². The maximum absolute atomic E-state index is 13.6. The summed E-state index contributed by atoms with van der Waals surface area (Å²) in [4.78, 5) is 0. The number of rotatable bonds is 10. The van der Waals surface area contributed by atoms with Crippen molar-refractivity contribution >= 4 is 5.69 Å². The fraction of sp³-hybridized carbons (Fsp3) is 0.400. The van der Waals surface area contributed by atoms with Crippen molar-refractivity contribution in [2.45, 2.75) is 25.3 Å². The summed E-state index contributed by atoms with van der Waals surface area (Å²) >= 11 is 0. The largest absolute Gasteiger partial charge is 0.493 e. The van der Waals surface area contributed by atoms with Gasteiger partial charge >= 0.3 is 0 Å². The van der Waals surface area contributed by atoms with E-state index in [1.165, 1.54) is 12.1 Å². The van der Waals surface area contributed by atoms with Gasteiger partial charge in [-0.1, -0.05) is 24.3 Å². The summed E-state index contributed by atoms with van der Waals surface area (Å²) in [6, 6.07) is 18.6. The number of piperidine rings is 1. The third-order valence-electron chi connectivity index (χ3n) is 7.71. The molecule has 0 saturated carbocycles. The molecule has 3 unspecified atom stereocenters. The number of nitrogens with zero attached hydrogens (tertiary/aromatic N) is 1. The molecule has 4 rings (SSSR count). The van der Waals surface area contributed by atoms with E-state index >= 15 is 0 Å². The van der Waals surface area contributed by atoms with Gasteiger partial charge < -0.3 is 24.1 Å². The van der Waals surface area contributed by atoms with E-state index in [1.54, 1.807) is 28.4 Å². The monoisotopic (exact) mass is 510 g/mol. The van der Waals surface area contributed by atoms with Crippen LogP contribution in [0.15, 0.2) is 60.7 Å². The van der Waals surface area contributed by atoms with E-state index < -0.39 is 0 Å². The number of hydrogen-bond donors (Lipinski definition) is 1. The van der Waals surface area contributed by atoms with Gasteiger partial charge in [-0.3, -0.25) is 4.48 Å². The Morgan fingerprint density at radius 3 is 2.11 bits per heavy atom. The summed E-state index contributed by atoms with van der Waals surface area (Å²) in [6.45, 7) is 1.63. The Balaban J connectivity index is 1.93. The Hall–Kier alpha value is -3.29. The van der Waals surface area contributed by atoms with E-state index in [0.717, 1.165) is 49.2 Å². The number of ether oxygens (including phenoxy) is 4. The van der Waals surface area contributed by atoms with Crippen molar-refractivity contribution < 1.29 is 28.4 Å². The zero-order valence-electron chi connectivity index (χ0n) is 22.1. The molecule has 6 nitrogen and oxygen atoms in total. The van der Waals surface area contributed by atoms with Gasteiger partial charge in [-0.25, -0.2) is 4.39 Å². The number of likely N-dealkylation sites (tertiary alicyclic amines) is 1. The van der Waals surface area contributed by atoms with Crippen LogP contribution in [-0.4, -0.2) is 53.2 Å². The molecule has 0 bridgehead atoms. The van der Waals surface area contributed by atoms with Crippen molar-refractivity contribution in [1.29, 1.82) is 0 Å². The quantitative estimate of drug-likeness (QED) is 0.362. The second-order valence-corrected chi connectivity index (χ2v) is 9.54. The molecule has 1 heterocycles. The van der Waals surface area contributed by atoms with Crippen LogP contribution >= 0.6 is 0 Å². The van der Waals surface area contributed by atoms with Gasteiger partial charge in [0.1, 0.15) is 11.9 Å². The van der Waals surface area contributed by atoms with Crippen LogP contribution in [0.5, 0.6) is 23.0 Å². The first kappa shape index (κ1) is 26.8. The van der Waals surface area contributed by atoms with Crippen LogP contribution in [0.2, 0.25) is 0 Å². The zero-order chi connectivity index (χ0) is 26.4. The number of para-hydroxylation sites is 2. The van der Waals surface area contributed by atoms with Gasteiger partial charge in [0.25, 0.3) is 0 Å². The fourth-order valence-corrected chi connectivity index (χ4v) is 5.81. The number of aliphatic hydroxyl groups is 1. The minimum atomic E-state index is -0.245. The minimum Gasteiger partial charge on any atom is -0.493 e. The molecule has 0 aromatic heterocycles. The molecule has 0 spiro atoms. The molecule has 0 aliphatic carbocycles. The first-order valence-corrected chi connectivity index (χ1v) is 12.7. The summed E-state index contributed by atoms with van der Waals surface area (Å²) in [5, 5.41) is 10.2. The molecule has 1 aliphatic rings. The van der Waals surface area contributed by atoms with E-state index in [4.69, 9.17) is 18.9 Å². The molecule has 0 amide bonds. The van der Waals surface area contributed by atoms with Crippen molar-refractivity contribution in [2.75, 3.05) is 48.1 Å². The van der Waals surface area contributed by atoms with E-state index in [0.29, 0.717) is 27.5 Å². The number of quaternary nitrogens is 1. The molecule has 198 valence electrons. The average molecular weight is 511 g/mol. The Bertz CT molecular complexity index is 1190. The smallest absolute Gasteiger partial charge is 0.222 e. The lowest BCUT2D eigenvalue weighted by atomic mass is 9.83. The van der Waals surface area contributed by atoms with Gasteiger partial charge in [-0.05, 0) is 41.8 Å². The van der Waals surface area contributed by atoms with Crippen molar-refractivity contribution in [3.63, 3.8) is 0 Å². The topological polar surface area (TPSA) is 57.2 Å². The molecule has 1 N–H and O–H groups in total. The zero-order valence-corrected chi connectivity index (χ0v) is 22.1. The number of aliphatic hydroxyl groups excluding tert-OH is 1. The summed E-state index contributed by atoms with van der Waals surface area (Å²) in [5.41, 5.74) is 3.08. The summed E-state index contributed by atoms with van der Waals surface area (Å²) in [5.74, 6) is 2.62. The highest BCUT2D eigenvalue weighted by molar-refractivity contribution is 5.64. The maximum atomic E-state index is 13.6. The normalized spacial score (nSPS) is 21.4. The molecule has 3 atom stereocenters. The minimum absolute atomic E-state index is 0.0580. The molecule has 3 aromatic carbocycles. The highest BCUT2D eigenvalue weighted by atomic mass is 19.1. The fourth-order valence-electron chi connectivity index (χ4n) is 5.81. The maximum Gasteiger partial charge on any atom is 0.222 e. The van der Waals surface area contributed by atoms with E-state index in [1.807, 2.05) is 36.4 Å². The van der Waals surface area contributed by atoms with Crippen LogP contribution in [0.3, 0.4) is 0 Å². The Morgan fingerprint density at radius 2 is 1.49 bits per heavy atom. The van der Waals surface area contributed by atoms with Crippen LogP contribution in [0.25, 0.3) is 0 Å². The second-order valence-electron chi connectivity index (χ2n) is 9.54. The van der Waals surface area contributed by atoms with Crippen molar-refractivity contribution in [2.24, 2.45) is 5.92 Å². The molecule has 1 saturated heterocycles. The molecule has 1 fully saturated rings. The predicted octanol–water partition coefficient (Wildman–Crippen LogP) is 5.55. The molecule has 0 radical (unpaired) electrons. The Kier molecular flexibility index (Phi) is 8.56. The molecular weight excluding hydrogens is 473 g/mol. The Labute approximate surface area is 218 Å². The number of halogens is 1. The van der Waals surface area contributed by atoms with E-state index in [-0.39, 0.29) is 24.4 Å². The second kappa shape index (κ2) is 11.8. The van der Waals surface area contributed by atoms with Gasteiger partial charge in [0.15, 0.2) is 22.9 Å². The van der Waals surface area contributed by atoms with E-state index in [9.17, 15) is 9.50 Å². The van der Waals surface area contributed by atoms with Gasteiger partial charge in [0, 0.05) is 31.9 Å². The van der Waals surface area contributed by atoms with Gasteiger partial charge in [-0.2, -0.15) is 0 Å². The van der Waals surface area contributed by atoms with Crippen LogP contribution in [0.1, 0.15) is 30.0 Å². The third kappa shape index (κ3) is 5.24. The molecule has 3 aromatic rings. The lowest BCUT2D eigenvalue weighted by Crippen LogP contribution is -2.57. The number of hydrogen-bond acceptors (Lipinski definition) is 5. The highest BCUT2D eigenvalue weighted by Gasteiger charge is 2.48. The van der Waals surface area contributed by atoms with E-state index in [2.05, 4.69) is 12.1 Å². The summed E-state index contributed by atoms with van der Waals surface area (Å²) in [7, 11) is 6.61. The molecular formula is C30H37FNO5+. The lowest BCUT2D eigenvalue weighted by molar-refractivity contribution is 0.0810. The molecule has 37 heavy (non-hydrogen) atoms. The summed E-state index contributed by atoms with van der Waals surface area (Å²) < 4.78 is 37.4. The number of benzene rings is 3. The predicted molar refractivity (Wildman–Crippen MR) is 143 cm³/mol. The summed E-state index contributed by atoms with van der Waals surface area (Å²) in [6.07, 6.45) is 2.33. The van der Waals surface area contributed by atoms with Gasteiger partial charge in [0.05, 0.1) is 47.1 Å². The highest BCUT2D eigenvalue weighted by Crippen LogP contribution is 2.52. The van der Waals surface area contributed by atoms with Gasteiger partial charge in [0.2, 0.25) is 5.75 Å². The molecule has 7 heteroatoms. The lowest BCUT2D eigenvalue weighted by Gasteiger charge is -2.50. The molecule has 1 aliphatic heterocycles. The third-order valence-corrected chi connectivity index (χ3v) is 7.71. The van der Waals surface area contributed by atoms with Gasteiger partial charge in [-0.15, -0.1) is 0 Å².